The fourth-order valence-electron chi connectivity index (χ4n) is 3.13. The summed E-state index contributed by atoms with van der Waals surface area (Å²) in [6.07, 6.45) is 0. The lowest BCUT2D eigenvalue weighted by Crippen LogP contribution is -2.27. The topological polar surface area (TPSA) is 43.3 Å². The summed E-state index contributed by atoms with van der Waals surface area (Å²) in [5.74, 6) is -0.105. The number of carbonyl (C=O) groups is 1. The second-order valence-corrected chi connectivity index (χ2v) is 6.90. The Labute approximate surface area is 164 Å². The number of aryl methyl sites for hydroxylation is 1. The summed E-state index contributed by atoms with van der Waals surface area (Å²) in [5, 5.41) is 3.59. The smallest absolute Gasteiger partial charge is 0.253 e. The maximum absolute atomic E-state index is 12.7. The predicted molar refractivity (Wildman–Crippen MR) is 110 cm³/mol. The van der Waals surface area contributed by atoms with Crippen molar-refractivity contribution in [3.63, 3.8) is 0 Å². The molecule has 0 bridgehead atoms. The molecule has 1 N–H and O–H groups in total. The van der Waals surface area contributed by atoms with E-state index >= 15 is 0 Å². The molecule has 3 rings (SSSR count). The summed E-state index contributed by atoms with van der Waals surface area (Å²) < 4.78 is 7.13. The monoisotopic (exact) mass is 382 g/mol. The molecule has 0 saturated carbocycles. The highest BCUT2D eigenvalue weighted by Crippen LogP contribution is 2.30. The summed E-state index contributed by atoms with van der Waals surface area (Å²) in [5.41, 5.74) is 5.67. The van der Waals surface area contributed by atoms with Gasteiger partial charge in [0.25, 0.3) is 5.91 Å². The molecule has 1 aromatic heterocycles. The van der Waals surface area contributed by atoms with E-state index in [4.69, 9.17) is 16.3 Å². The Bertz CT molecular complexity index is 945. The van der Waals surface area contributed by atoms with Gasteiger partial charge in [0.15, 0.2) is 0 Å². The molecular formula is C22H23ClN2O2. The third-order valence-electron chi connectivity index (χ3n) is 4.48. The largest absolute Gasteiger partial charge is 0.383 e. The third kappa shape index (κ3) is 4.24. The Balaban J connectivity index is 2.11. The van der Waals surface area contributed by atoms with Crippen LogP contribution < -0.4 is 5.32 Å². The van der Waals surface area contributed by atoms with Gasteiger partial charge in [-0.3, -0.25) is 4.79 Å². The quantitative estimate of drug-likeness (QED) is 0.623. The van der Waals surface area contributed by atoms with Crippen molar-refractivity contribution >= 4 is 17.5 Å². The molecule has 3 aromatic rings. The molecule has 0 spiro atoms. The normalized spacial score (nSPS) is 10.8. The lowest BCUT2D eigenvalue weighted by Gasteiger charge is -2.13. The molecule has 0 radical (unpaired) electrons. The van der Waals surface area contributed by atoms with E-state index in [9.17, 15) is 4.79 Å². The molecule has 140 valence electrons. The molecule has 0 aliphatic rings. The summed E-state index contributed by atoms with van der Waals surface area (Å²) in [7, 11) is 1.62. The summed E-state index contributed by atoms with van der Waals surface area (Å²) in [4.78, 5) is 12.7. The van der Waals surface area contributed by atoms with Crippen LogP contribution in [-0.4, -0.2) is 30.7 Å². The number of methoxy groups -OCH3 is 1. The molecule has 0 aliphatic heterocycles. The van der Waals surface area contributed by atoms with Gasteiger partial charge in [-0.25, -0.2) is 0 Å². The fourth-order valence-corrected chi connectivity index (χ4v) is 3.26. The van der Waals surface area contributed by atoms with Gasteiger partial charge in [-0.15, -0.1) is 0 Å². The maximum Gasteiger partial charge on any atom is 0.253 e. The number of carbonyl (C=O) groups excluding carboxylic acids is 1. The van der Waals surface area contributed by atoms with Gasteiger partial charge in [0.2, 0.25) is 0 Å². The second-order valence-electron chi connectivity index (χ2n) is 6.46. The first-order chi connectivity index (χ1) is 13.0. The van der Waals surface area contributed by atoms with Crippen LogP contribution in [0.3, 0.4) is 0 Å². The lowest BCUT2D eigenvalue weighted by atomic mass is 10.1. The minimum atomic E-state index is -0.105. The SMILES string of the molecule is COCCNC(=O)c1cc(-c2ccc(Cl)cc2)n(-c2cccc(C)c2)c1C. The zero-order valence-corrected chi connectivity index (χ0v) is 16.5. The summed E-state index contributed by atoms with van der Waals surface area (Å²) in [6.45, 7) is 4.98. The fraction of sp³-hybridized carbons (Fsp3) is 0.227. The molecule has 5 heteroatoms. The number of nitrogens with one attached hydrogen (secondary N) is 1. The number of ether oxygens (including phenoxy) is 1. The van der Waals surface area contributed by atoms with E-state index in [0.717, 1.165) is 28.2 Å². The summed E-state index contributed by atoms with van der Waals surface area (Å²) in [6, 6.07) is 17.8. The van der Waals surface area contributed by atoms with E-state index < -0.39 is 0 Å². The number of hydrogen-bond acceptors (Lipinski definition) is 2. The van der Waals surface area contributed by atoms with Gasteiger partial charge >= 0.3 is 0 Å². The molecular weight excluding hydrogens is 360 g/mol. The minimum absolute atomic E-state index is 0.105. The number of amides is 1. The number of benzene rings is 2. The van der Waals surface area contributed by atoms with E-state index in [1.54, 1.807) is 7.11 Å². The molecule has 1 heterocycles. The Morgan fingerprint density at radius 1 is 1.11 bits per heavy atom. The third-order valence-corrected chi connectivity index (χ3v) is 4.74. The van der Waals surface area contributed by atoms with Crippen molar-refractivity contribution in [3.05, 3.63) is 76.4 Å². The molecule has 0 aliphatic carbocycles. The average molecular weight is 383 g/mol. The Morgan fingerprint density at radius 3 is 2.52 bits per heavy atom. The molecule has 1 amide bonds. The maximum atomic E-state index is 12.7. The number of halogens is 1. The first-order valence-electron chi connectivity index (χ1n) is 8.83. The van der Waals surface area contributed by atoms with Gasteiger partial charge in [-0.2, -0.15) is 0 Å². The van der Waals surface area contributed by atoms with Crippen molar-refractivity contribution < 1.29 is 9.53 Å². The minimum Gasteiger partial charge on any atom is -0.383 e. The van der Waals surface area contributed by atoms with E-state index in [1.165, 1.54) is 0 Å². The van der Waals surface area contributed by atoms with Gasteiger partial charge in [0.05, 0.1) is 17.9 Å². The van der Waals surface area contributed by atoms with Crippen LogP contribution in [0, 0.1) is 13.8 Å². The average Bonchev–Trinajstić information content (AvgIpc) is 3.00. The zero-order chi connectivity index (χ0) is 19.4. The van der Waals surface area contributed by atoms with Gasteiger partial charge in [0.1, 0.15) is 0 Å². The van der Waals surface area contributed by atoms with Crippen LogP contribution in [0.4, 0.5) is 0 Å². The standard InChI is InChI=1S/C22H23ClN2O2/c1-15-5-4-6-19(13-15)25-16(2)20(22(26)24-11-12-27-3)14-21(25)17-7-9-18(23)10-8-17/h4-10,13-14H,11-12H2,1-3H3,(H,24,26). The Kier molecular flexibility index (Phi) is 5.99. The highest BCUT2D eigenvalue weighted by atomic mass is 35.5. The zero-order valence-electron chi connectivity index (χ0n) is 15.8. The molecule has 27 heavy (non-hydrogen) atoms. The number of nitrogens with zero attached hydrogens (tertiary/aromatic N) is 1. The first-order valence-corrected chi connectivity index (χ1v) is 9.21. The molecule has 0 saturated heterocycles. The molecule has 0 fully saturated rings. The number of aromatic nitrogens is 1. The van der Waals surface area contributed by atoms with Crippen molar-refractivity contribution in [2.75, 3.05) is 20.3 Å². The molecule has 0 atom stereocenters. The van der Waals surface area contributed by atoms with Crippen molar-refractivity contribution in [1.82, 2.24) is 9.88 Å². The van der Waals surface area contributed by atoms with E-state index in [-0.39, 0.29) is 5.91 Å². The van der Waals surface area contributed by atoms with Crippen molar-refractivity contribution in [2.45, 2.75) is 13.8 Å². The van der Waals surface area contributed by atoms with Crippen LogP contribution in [0.5, 0.6) is 0 Å². The van der Waals surface area contributed by atoms with Gasteiger partial charge in [0, 0.05) is 30.1 Å². The highest BCUT2D eigenvalue weighted by molar-refractivity contribution is 6.30. The van der Waals surface area contributed by atoms with Gasteiger partial charge in [-0.1, -0.05) is 35.9 Å². The number of rotatable bonds is 6. The summed E-state index contributed by atoms with van der Waals surface area (Å²) >= 11 is 6.05. The van der Waals surface area contributed by atoms with Crippen LogP contribution >= 0.6 is 11.6 Å². The van der Waals surface area contributed by atoms with Gasteiger partial charge in [-0.05, 0) is 55.3 Å². The highest BCUT2D eigenvalue weighted by Gasteiger charge is 2.19. The Hall–Kier alpha value is -2.56. The molecule has 0 unspecified atom stereocenters. The van der Waals surface area contributed by atoms with Crippen molar-refractivity contribution in [2.24, 2.45) is 0 Å². The van der Waals surface area contributed by atoms with Crippen LogP contribution in [0.2, 0.25) is 5.02 Å². The van der Waals surface area contributed by atoms with Crippen LogP contribution in [-0.2, 0) is 4.74 Å². The van der Waals surface area contributed by atoms with E-state index in [0.29, 0.717) is 23.7 Å². The Morgan fingerprint density at radius 2 is 1.85 bits per heavy atom. The van der Waals surface area contributed by atoms with Crippen LogP contribution in [0.15, 0.2) is 54.6 Å². The van der Waals surface area contributed by atoms with E-state index in [2.05, 4.69) is 28.9 Å². The molecule has 4 nitrogen and oxygen atoms in total. The first kappa shape index (κ1) is 19.2. The lowest BCUT2D eigenvalue weighted by molar-refractivity contribution is 0.0936. The molecule has 2 aromatic carbocycles. The van der Waals surface area contributed by atoms with Crippen molar-refractivity contribution in [1.29, 1.82) is 0 Å². The second kappa shape index (κ2) is 8.42. The van der Waals surface area contributed by atoms with Crippen LogP contribution in [0.25, 0.3) is 16.9 Å². The predicted octanol–water partition coefficient (Wildman–Crippen LogP) is 4.79. The van der Waals surface area contributed by atoms with Gasteiger partial charge < -0.3 is 14.6 Å². The van der Waals surface area contributed by atoms with Crippen molar-refractivity contribution in [3.8, 4) is 16.9 Å². The van der Waals surface area contributed by atoms with E-state index in [1.807, 2.05) is 49.4 Å². The number of hydrogen-bond donors (Lipinski definition) is 1. The van der Waals surface area contributed by atoms with Crippen LogP contribution in [0.1, 0.15) is 21.6 Å².